The van der Waals surface area contributed by atoms with Crippen LogP contribution in [0.4, 0.5) is 0 Å². The highest BCUT2D eigenvalue weighted by Crippen LogP contribution is 2.22. The van der Waals surface area contributed by atoms with Crippen molar-refractivity contribution in [1.29, 1.82) is 0 Å². The van der Waals surface area contributed by atoms with Crippen LogP contribution in [0.25, 0.3) is 0 Å². The molecule has 1 fully saturated rings. The van der Waals surface area contributed by atoms with Gasteiger partial charge in [-0.1, -0.05) is 0 Å². The molecule has 2 heterocycles. The maximum atomic E-state index is 12.2. The van der Waals surface area contributed by atoms with E-state index in [4.69, 9.17) is 0 Å². The summed E-state index contributed by atoms with van der Waals surface area (Å²) in [5.74, 6) is 0.0938. The minimum atomic E-state index is 0.0938. The third-order valence-corrected chi connectivity index (χ3v) is 3.67. The van der Waals surface area contributed by atoms with Gasteiger partial charge in [0, 0.05) is 31.0 Å². The van der Waals surface area contributed by atoms with Crippen LogP contribution in [-0.4, -0.2) is 41.5 Å². The van der Waals surface area contributed by atoms with Gasteiger partial charge in [0.2, 0.25) is 0 Å². The van der Waals surface area contributed by atoms with Crippen molar-refractivity contribution < 1.29 is 4.79 Å². The predicted molar refractivity (Wildman–Crippen MR) is 66.8 cm³/mol. The number of hydrogen-bond donors (Lipinski definition) is 1. The molecule has 1 N–H and O–H groups in total. The Bertz CT molecular complexity index is 383. The number of likely N-dealkylation sites (tertiary alicyclic amines) is 1. The summed E-state index contributed by atoms with van der Waals surface area (Å²) in [6, 6.07) is 3.62. The summed E-state index contributed by atoms with van der Waals surface area (Å²) in [5.41, 5.74) is 0.853. The fourth-order valence-corrected chi connectivity index (χ4v) is 2.13. The number of carbonyl (C=O) groups is 1. The third kappa shape index (κ3) is 2.64. The van der Waals surface area contributed by atoms with Crippen molar-refractivity contribution in [1.82, 2.24) is 15.2 Å². The molecule has 1 aliphatic heterocycles. The Morgan fingerprint density at radius 3 is 2.71 bits per heavy atom. The zero-order valence-electron chi connectivity index (χ0n) is 10.4. The highest BCUT2D eigenvalue weighted by atomic mass is 16.2. The van der Waals surface area contributed by atoms with E-state index in [1.54, 1.807) is 18.5 Å². The van der Waals surface area contributed by atoms with E-state index >= 15 is 0 Å². The number of amides is 1. The summed E-state index contributed by atoms with van der Waals surface area (Å²) in [6.45, 7) is 3.83. The fourth-order valence-electron chi connectivity index (χ4n) is 2.13. The topological polar surface area (TPSA) is 45.2 Å². The van der Waals surface area contributed by atoms with E-state index in [1.165, 1.54) is 0 Å². The second kappa shape index (κ2) is 4.84. The first-order chi connectivity index (χ1) is 8.14. The van der Waals surface area contributed by atoms with Gasteiger partial charge < -0.3 is 10.2 Å². The van der Waals surface area contributed by atoms with Gasteiger partial charge in [0.1, 0.15) is 0 Å². The molecule has 1 saturated heterocycles. The van der Waals surface area contributed by atoms with Crippen LogP contribution in [0.3, 0.4) is 0 Å². The average molecular weight is 233 g/mol. The smallest absolute Gasteiger partial charge is 0.255 e. The minimum Gasteiger partial charge on any atom is -0.338 e. The van der Waals surface area contributed by atoms with Crippen LogP contribution in [0.5, 0.6) is 0 Å². The highest BCUT2D eigenvalue weighted by Gasteiger charge is 2.30. The maximum absolute atomic E-state index is 12.2. The van der Waals surface area contributed by atoms with Gasteiger partial charge in [0.05, 0.1) is 5.56 Å². The van der Waals surface area contributed by atoms with E-state index in [-0.39, 0.29) is 11.4 Å². The Labute approximate surface area is 102 Å². The number of pyridine rings is 1. The van der Waals surface area contributed by atoms with E-state index < -0.39 is 0 Å². The van der Waals surface area contributed by atoms with Crippen molar-refractivity contribution in [2.75, 3.05) is 20.1 Å². The molecule has 2 rings (SSSR count). The van der Waals surface area contributed by atoms with Crippen LogP contribution in [0.15, 0.2) is 24.5 Å². The Balaban J connectivity index is 2.00. The molecule has 17 heavy (non-hydrogen) atoms. The van der Waals surface area contributed by atoms with Gasteiger partial charge in [-0.05, 0) is 38.9 Å². The van der Waals surface area contributed by atoms with E-state index in [9.17, 15) is 4.79 Å². The Morgan fingerprint density at radius 1 is 1.47 bits per heavy atom. The van der Waals surface area contributed by atoms with Gasteiger partial charge in [-0.3, -0.25) is 9.78 Å². The molecule has 0 spiro atoms. The van der Waals surface area contributed by atoms with Crippen molar-refractivity contribution >= 4 is 5.91 Å². The zero-order chi connectivity index (χ0) is 12.3. The minimum absolute atomic E-state index is 0.0938. The molecule has 1 amide bonds. The van der Waals surface area contributed by atoms with Gasteiger partial charge in [0.25, 0.3) is 5.91 Å². The molecule has 0 unspecified atom stereocenters. The van der Waals surface area contributed by atoms with Gasteiger partial charge in [-0.2, -0.15) is 0 Å². The van der Waals surface area contributed by atoms with Crippen molar-refractivity contribution in [2.24, 2.45) is 0 Å². The molecule has 1 aliphatic rings. The molecule has 0 bridgehead atoms. The number of hydrogen-bond acceptors (Lipinski definition) is 3. The highest BCUT2D eigenvalue weighted by molar-refractivity contribution is 5.93. The second-order valence-corrected chi connectivity index (χ2v) is 4.84. The molecule has 92 valence electrons. The fraction of sp³-hybridized carbons (Fsp3) is 0.538. The van der Waals surface area contributed by atoms with Crippen LogP contribution in [0, 0.1) is 0 Å². The summed E-state index contributed by atoms with van der Waals surface area (Å²) >= 11 is 0. The molecule has 1 aromatic rings. The van der Waals surface area contributed by atoms with Gasteiger partial charge in [-0.25, -0.2) is 0 Å². The Morgan fingerprint density at radius 2 is 2.18 bits per heavy atom. The lowest BCUT2D eigenvalue weighted by Gasteiger charge is -2.39. The summed E-state index contributed by atoms with van der Waals surface area (Å²) in [6.07, 6.45) is 5.31. The molecular formula is C13H19N3O. The lowest BCUT2D eigenvalue weighted by molar-refractivity contribution is 0.0661. The van der Waals surface area contributed by atoms with Crippen molar-refractivity contribution in [3.63, 3.8) is 0 Å². The van der Waals surface area contributed by atoms with Crippen LogP contribution in [-0.2, 0) is 0 Å². The van der Waals surface area contributed by atoms with Crippen LogP contribution in [0.2, 0.25) is 0 Å². The lowest BCUT2D eigenvalue weighted by atomic mass is 9.89. The van der Waals surface area contributed by atoms with Crippen molar-refractivity contribution in [3.8, 4) is 0 Å². The van der Waals surface area contributed by atoms with E-state index in [1.807, 2.05) is 18.0 Å². The molecule has 4 heteroatoms. The monoisotopic (exact) mass is 233 g/mol. The van der Waals surface area contributed by atoms with Gasteiger partial charge >= 0.3 is 0 Å². The van der Waals surface area contributed by atoms with E-state index in [2.05, 4.69) is 17.2 Å². The van der Waals surface area contributed by atoms with E-state index in [0.29, 0.717) is 5.56 Å². The molecule has 0 aromatic carbocycles. The maximum Gasteiger partial charge on any atom is 0.255 e. The Kier molecular flexibility index (Phi) is 3.43. The zero-order valence-corrected chi connectivity index (χ0v) is 10.4. The predicted octanol–water partition coefficient (Wildman–Crippen LogP) is 1.30. The van der Waals surface area contributed by atoms with E-state index in [0.717, 1.165) is 25.9 Å². The van der Waals surface area contributed by atoms with Crippen LogP contribution < -0.4 is 5.32 Å². The number of piperidine rings is 1. The molecule has 0 aliphatic carbocycles. The summed E-state index contributed by atoms with van der Waals surface area (Å²) in [4.78, 5) is 18.1. The van der Waals surface area contributed by atoms with Crippen molar-refractivity contribution in [3.05, 3.63) is 30.1 Å². The number of aromatic nitrogens is 1. The molecule has 4 nitrogen and oxygen atoms in total. The number of nitrogens with zero attached hydrogens (tertiary/aromatic N) is 2. The molecule has 0 saturated carbocycles. The first-order valence-corrected chi connectivity index (χ1v) is 6.03. The molecule has 1 aromatic heterocycles. The second-order valence-electron chi connectivity index (χ2n) is 4.84. The largest absolute Gasteiger partial charge is 0.338 e. The summed E-state index contributed by atoms with van der Waals surface area (Å²) < 4.78 is 0. The normalized spacial score (nSPS) is 19.1. The number of carbonyl (C=O) groups excluding carboxylic acids is 1. The van der Waals surface area contributed by atoms with Crippen molar-refractivity contribution in [2.45, 2.75) is 25.3 Å². The number of rotatable bonds is 2. The lowest BCUT2D eigenvalue weighted by Crippen LogP contribution is -2.51. The number of nitrogens with one attached hydrogen (secondary N) is 1. The van der Waals surface area contributed by atoms with Crippen LogP contribution >= 0.6 is 0 Å². The molecule has 0 atom stereocenters. The molecular weight excluding hydrogens is 214 g/mol. The first kappa shape index (κ1) is 12.0. The van der Waals surface area contributed by atoms with Gasteiger partial charge in [-0.15, -0.1) is 0 Å². The summed E-state index contributed by atoms with van der Waals surface area (Å²) in [5, 5.41) is 3.33. The standard InChI is InChI=1S/C13H19N3O/c1-13(14-2)5-8-16(9-6-13)12(17)11-4-3-7-15-10-11/h3-4,7,10,14H,5-6,8-9H2,1-2H3. The quantitative estimate of drug-likeness (QED) is 0.837. The molecule has 0 radical (unpaired) electrons. The first-order valence-electron chi connectivity index (χ1n) is 6.03. The van der Waals surface area contributed by atoms with Crippen LogP contribution in [0.1, 0.15) is 30.1 Å². The third-order valence-electron chi connectivity index (χ3n) is 3.67. The van der Waals surface area contributed by atoms with Gasteiger partial charge in [0.15, 0.2) is 0 Å². The SMILES string of the molecule is CNC1(C)CCN(C(=O)c2cccnc2)CC1. The average Bonchev–Trinajstić information content (AvgIpc) is 2.40. The summed E-state index contributed by atoms with van der Waals surface area (Å²) in [7, 11) is 1.98. The Hall–Kier alpha value is -1.42.